The Morgan fingerprint density at radius 3 is 2.47 bits per heavy atom. The first-order chi connectivity index (χ1) is 8.76. The van der Waals surface area contributed by atoms with Gasteiger partial charge in [-0.3, -0.25) is 0 Å². The minimum absolute atomic E-state index is 0.240. The summed E-state index contributed by atoms with van der Waals surface area (Å²) < 4.78 is 6.32. The molecule has 0 spiro atoms. The summed E-state index contributed by atoms with van der Waals surface area (Å²) in [6.07, 6.45) is 1.17. The molecule has 0 aliphatic rings. The van der Waals surface area contributed by atoms with Gasteiger partial charge in [0.2, 0.25) is 8.32 Å². The van der Waals surface area contributed by atoms with Crippen LogP contribution in [-0.4, -0.2) is 14.9 Å². The highest BCUT2D eigenvalue weighted by molar-refractivity contribution is 6.74. The van der Waals surface area contributed by atoms with Crippen molar-refractivity contribution in [1.82, 2.24) is 5.32 Å². The van der Waals surface area contributed by atoms with Crippen LogP contribution in [0.5, 0.6) is 5.75 Å². The Balaban J connectivity index is 2.72. The maximum absolute atomic E-state index is 6.32. The highest BCUT2D eigenvalue weighted by atomic mass is 28.4. The number of nitrogens with one attached hydrogen (secondary N) is 1. The molecule has 0 aromatic heterocycles. The molecule has 3 heteroatoms. The quantitative estimate of drug-likeness (QED) is 0.608. The van der Waals surface area contributed by atoms with Gasteiger partial charge in [0, 0.05) is 6.54 Å². The van der Waals surface area contributed by atoms with E-state index in [9.17, 15) is 0 Å². The van der Waals surface area contributed by atoms with Gasteiger partial charge in [-0.15, -0.1) is 0 Å². The highest BCUT2D eigenvalue weighted by Crippen LogP contribution is 2.37. The number of benzene rings is 1. The fourth-order valence-electron chi connectivity index (χ4n) is 1.58. The lowest BCUT2D eigenvalue weighted by Crippen LogP contribution is -2.43. The third kappa shape index (κ3) is 5.00. The Kier molecular flexibility index (Phi) is 5.62. The molecule has 0 atom stereocenters. The summed E-state index contributed by atoms with van der Waals surface area (Å²) in [5.74, 6) is 1.02. The maximum Gasteiger partial charge on any atom is 0.250 e. The van der Waals surface area contributed by atoms with Crippen LogP contribution >= 0.6 is 0 Å². The maximum atomic E-state index is 6.32. The number of hydrogen-bond acceptors (Lipinski definition) is 2. The summed E-state index contributed by atoms with van der Waals surface area (Å²) in [5.41, 5.74) is 1.30. The predicted octanol–water partition coefficient (Wildman–Crippen LogP) is 4.57. The molecule has 0 fully saturated rings. The van der Waals surface area contributed by atoms with Crippen molar-refractivity contribution in [2.45, 2.75) is 58.8 Å². The second-order valence-electron chi connectivity index (χ2n) is 6.69. The third-order valence-corrected chi connectivity index (χ3v) is 8.19. The van der Waals surface area contributed by atoms with Crippen LogP contribution in [0, 0.1) is 0 Å². The van der Waals surface area contributed by atoms with E-state index in [0.29, 0.717) is 0 Å². The van der Waals surface area contributed by atoms with Crippen LogP contribution < -0.4 is 9.74 Å². The van der Waals surface area contributed by atoms with Gasteiger partial charge in [-0.1, -0.05) is 39.8 Å². The molecule has 0 unspecified atom stereocenters. The van der Waals surface area contributed by atoms with E-state index in [1.807, 2.05) is 0 Å². The van der Waals surface area contributed by atoms with Crippen molar-refractivity contribution in [3.8, 4) is 5.75 Å². The zero-order valence-electron chi connectivity index (χ0n) is 13.3. The fraction of sp³-hybridized carbons (Fsp3) is 0.625. The highest BCUT2D eigenvalue weighted by Gasteiger charge is 2.38. The van der Waals surface area contributed by atoms with E-state index in [2.05, 4.69) is 70.4 Å². The molecule has 108 valence electrons. The zero-order valence-corrected chi connectivity index (χ0v) is 14.3. The van der Waals surface area contributed by atoms with Gasteiger partial charge >= 0.3 is 0 Å². The lowest BCUT2D eigenvalue weighted by molar-refractivity contribution is 0.491. The number of rotatable bonds is 6. The fourth-order valence-corrected chi connectivity index (χ4v) is 2.60. The zero-order chi connectivity index (χ0) is 14.5. The van der Waals surface area contributed by atoms with Crippen LogP contribution in [-0.2, 0) is 6.54 Å². The van der Waals surface area contributed by atoms with Gasteiger partial charge in [0.1, 0.15) is 5.75 Å². The van der Waals surface area contributed by atoms with E-state index in [4.69, 9.17) is 4.43 Å². The molecule has 1 aromatic rings. The molecule has 2 nitrogen and oxygen atoms in total. The summed E-state index contributed by atoms with van der Waals surface area (Å²) in [7, 11) is -1.73. The Morgan fingerprint density at radius 2 is 1.89 bits per heavy atom. The standard InChI is InChI=1S/C16H29NOSi/c1-7-11-17-13-14-9-8-10-15(12-14)18-19(5,6)16(2,3)4/h8-10,12,17H,7,11,13H2,1-6H3. The second kappa shape index (κ2) is 6.57. The Hall–Kier alpha value is -0.803. The van der Waals surface area contributed by atoms with Gasteiger partial charge in [-0.25, -0.2) is 0 Å². The van der Waals surface area contributed by atoms with Crippen LogP contribution in [0.2, 0.25) is 18.1 Å². The molecule has 1 rings (SSSR count). The third-order valence-electron chi connectivity index (χ3n) is 3.83. The monoisotopic (exact) mass is 279 g/mol. The van der Waals surface area contributed by atoms with Crippen molar-refractivity contribution in [3.63, 3.8) is 0 Å². The van der Waals surface area contributed by atoms with Gasteiger partial charge in [0.15, 0.2) is 0 Å². The van der Waals surface area contributed by atoms with Crippen LogP contribution in [0.25, 0.3) is 0 Å². The van der Waals surface area contributed by atoms with Gasteiger partial charge in [-0.2, -0.15) is 0 Å². The average Bonchev–Trinajstić information content (AvgIpc) is 2.27. The summed E-state index contributed by atoms with van der Waals surface area (Å²) in [4.78, 5) is 0. The molecule has 19 heavy (non-hydrogen) atoms. The first kappa shape index (κ1) is 16.3. The topological polar surface area (TPSA) is 21.3 Å². The van der Waals surface area contributed by atoms with Crippen molar-refractivity contribution in [2.24, 2.45) is 0 Å². The molecule has 0 radical (unpaired) electrons. The predicted molar refractivity (Wildman–Crippen MR) is 86.3 cm³/mol. The van der Waals surface area contributed by atoms with Crippen LogP contribution in [0.1, 0.15) is 39.7 Å². The van der Waals surface area contributed by atoms with E-state index in [-0.39, 0.29) is 5.04 Å². The Morgan fingerprint density at radius 1 is 1.21 bits per heavy atom. The van der Waals surface area contributed by atoms with Gasteiger partial charge in [0.25, 0.3) is 0 Å². The van der Waals surface area contributed by atoms with E-state index in [1.165, 1.54) is 12.0 Å². The SMILES string of the molecule is CCCNCc1cccc(O[Si](C)(C)C(C)(C)C)c1. The average molecular weight is 279 g/mol. The van der Waals surface area contributed by atoms with Gasteiger partial charge < -0.3 is 9.74 Å². The van der Waals surface area contributed by atoms with Crippen molar-refractivity contribution in [1.29, 1.82) is 0 Å². The molecule has 0 aliphatic carbocycles. The van der Waals surface area contributed by atoms with Crippen LogP contribution in [0.15, 0.2) is 24.3 Å². The van der Waals surface area contributed by atoms with Crippen molar-refractivity contribution < 1.29 is 4.43 Å². The molecule has 0 amide bonds. The molecule has 0 heterocycles. The van der Waals surface area contributed by atoms with E-state index in [0.717, 1.165) is 18.8 Å². The molecule has 0 bridgehead atoms. The lowest BCUT2D eigenvalue weighted by Gasteiger charge is -2.36. The van der Waals surface area contributed by atoms with Gasteiger partial charge in [-0.05, 0) is 48.8 Å². The van der Waals surface area contributed by atoms with E-state index in [1.54, 1.807) is 0 Å². The summed E-state index contributed by atoms with van der Waals surface area (Å²) in [6.45, 7) is 15.5. The normalized spacial score (nSPS) is 12.5. The van der Waals surface area contributed by atoms with Gasteiger partial charge in [0.05, 0.1) is 0 Å². The lowest BCUT2D eigenvalue weighted by atomic mass is 10.2. The minimum atomic E-state index is -1.73. The second-order valence-corrected chi connectivity index (χ2v) is 11.4. The van der Waals surface area contributed by atoms with E-state index < -0.39 is 8.32 Å². The molecule has 0 aliphatic heterocycles. The Bertz CT molecular complexity index is 396. The van der Waals surface area contributed by atoms with Crippen molar-refractivity contribution in [2.75, 3.05) is 6.54 Å². The Labute approximate surface area is 119 Å². The molecule has 0 saturated heterocycles. The van der Waals surface area contributed by atoms with Crippen molar-refractivity contribution in [3.05, 3.63) is 29.8 Å². The smallest absolute Gasteiger partial charge is 0.250 e. The first-order valence-electron chi connectivity index (χ1n) is 7.25. The summed E-state index contributed by atoms with van der Waals surface area (Å²) in [6, 6.07) is 8.49. The van der Waals surface area contributed by atoms with Crippen molar-refractivity contribution >= 4 is 8.32 Å². The summed E-state index contributed by atoms with van der Waals surface area (Å²) in [5, 5.41) is 3.67. The minimum Gasteiger partial charge on any atom is -0.543 e. The molecular weight excluding hydrogens is 250 g/mol. The van der Waals surface area contributed by atoms with Crippen LogP contribution in [0.4, 0.5) is 0 Å². The molecule has 0 saturated carbocycles. The molecule has 1 N–H and O–H groups in total. The van der Waals surface area contributed by atoms with E-state index >= 15 is 0 Å². The largest absolute Gasteiger partial charge is 0.543 e. The first-order valence-corrected chi connectivity index (χ1v) is 10.2. The van der Waals surface area contributed by atoms with Crippen LogP contribution in [0.3, 0.4) is 0 Å². The summed E-state index contributed by atoms with van der Waals surface area (Å²) >= 11 is 0. The number of hydrogen-bond donors (Lipinski definition) is 1. The molecular formula is C16H29NOSi. The molecule has 1 aromatic carbocycles.